The highest BCUT2D eigenvalue weighted by Crippen LogP contribution is 2.61. The number of hydrogen-bond donors (Lipinski definition) is 0. The Bertz CT molecular complexity index is 1690. The Morgan fingerprint density at radius 1 is 0.622 bits per heavy atom. The van der Waals surface area contributed by atoms with Gasteiger partial charge < -0.3 is 8.98 Å². The second-order valence-electron chi connectivity index (χ2n) is 10.2. The summed E-state index contributed by atoms with van der Waals surface area (Å²) >= 11 is 0. The third kappa shape index (κ3) is 3.40. The van der Waals surface area contributed by atoms with Gasteiger partial charge in [0.2, 0.25) is 0 Å². The van der Waals surface area contributed by atoms with E-state index in [4.69, 9.17) is 4.42 Å². The van der Waals surface area contributed by atoms with E-state index in [0.29, 0.717) is 0 Å². The zero-order valence-electron chi connectivity index (χ0n) is 21.1. The van der Waals surface area contributed by atoms with Gasteiger partial charge in [-0.25, -0.2) is 0 Å². The summed E-state index contributed by atoms with van der Waals surface area (Å²) in [7, 11) is 2.16. The summed E-state index contributed by atoms with van der Waals surface area (Å²) in [5.74, 6) is 2.62. The van der Waals surface area contributed by atoms with Crippen LogP contribution in [0, 0.1) is 6.92 Å². The van der Waals surface area contributed by atoms with Crippen LogP contribution in [-0.2, 0) is 7.05 Å². The SMILES string of the molecule is Cc1oc(-c2ccccc2)c2c1[C@@H](c1ccccc1)[C@H](c1ccccc1)[C@H]2c1cn(C)c2ccccc12. The van der Waals surface area contributed by atoms with Gasteiger partial charge in [-0.1, -0.05) is 109 Å². The summed E-state index contributed by atoms with van der Waals surface area (Å²) in [5.41, 5.74) is 9.14. The molecule has 37 heavy (non-hydrogen) atoms. The van der Waals surface area contributed by atoms with Crippen LogP contribution in [0.4, 0.5) is 0 Å². The van der Waals surface area contributed by atoms with Gasteiger partial charge in [0.05, 0.1) is 0 Å². The summed E-state index contributed by atoms with van der Waals surface area (Å²) in [4.78, 5) is 0. The molecular formula is C35H29NO. The number of fused-ring (bicyclic) bond motifs is 2. The van der Waals surface area contributed by atoms with Crippen molar-refractivity contribution in [2.75, 3.05) is 0 Å². The van der Waals surface area contributed by atoms with E-state index < -0.39 is 0 Å². The first-order valence-electron chi connectivity index (χ1n) is 13.0. The van der Waals surface area contributed by atoms with Gasteiger partial charge in [0.1, 0.15) is 11.5 Å². The molecule has 180 valence electrons. The number of para-hydroxylation sites is 1. The largest absolute Gasteiger partial charge is 0.461 e. The maximum absolute atomic E-state index is 6.67. The lowest BCUT2D eigenvalue weighted by Gasteiger charge is -2.28. The summed E-state index contributed by atoms with van der Waals surface area (Å²) in [6.45, 7) is 2.15. The van der Waals surface area contributed by atoms with Crippen molar-refractivity contribution < 1.29 is 4.42 Å². The molecule has 1 aliphatic rings. The lowest BCUT2D eigenvalue weighted by Crippen LogP contribution is -2.14. The topological polar surface area (TPSA) is 18.1 Å². The molecule has 0 saturated carbocycles. The normalized spacial score (nSPS) is 18.8. The fourth-order valence-electron chi connectivity index (χ4n) is 6.69. The fraction of sp³-hybridized carbons (Fsp3) is 0.143. The predicted molar refractivity (Wildman–Crippen MR) is 151 cm³/mol. The molecule has 0 fully saturated rings. The lowest BCUT2D eigenvalue weighted by molar-refractivity contribution is 0.511. The van der Waals surface area contributed by atoms with Crippen molar-refractivity contribution in [3.8, 4) is 11.3 Å². The van der Waals surface area contributed by atoms with Crippen LogP contribution >= 0.6 is 0 Å². The Kier molecular flexibility index (Phi) is 5.14. The van der Waals surface area contributed by atoms with E-state index in [1.54, 1.807) is 0 Å². The summed E-state index contributed by atoms with van der Waals surface area (Å²) in [6, 6.07) is 41.5. The van der Waals surface area contributed by atoms with Crippen LogP contribution in [0.15, 0.2) is 126 Å². The van der Waals surface area contributed by atoms with E-state index in [2.05, 4.69) is 140 Å². The fourth-order valence-corrected chi connectivity index (χ4v) is 6.69. The molecule has 0 N–H and O–H groups in total. The Morgan fingerprint density at radius 3 is 1.92 bits per heavy atom. The molecule has 6 aromatic rings. The van der Waals surface area contributed by atoms with Gasteiger partial charge in [0.25, 0.3) is 0 Å². The van der Waals surface area contributed by atoms with Crippen LogP contribution in [0.2, 0.25) is 0 Å². The Hall–Kier alpha value is -4.30. The van der Waals surface area contributed by atoms with Gasteiger partial charge in [-0.15, -0.1) is 0 Å². The second-order valence-corrected chi connectivity index (χ2v) is 10.2. The molecule has 2 nitrogen and oxygen atoms in total. The van der Waals surface area contributed by atoms with E-state index in [1.807, 2.05) is 0 Å². The average Bonchev–Trinajstić information content (AvgIpc) is 3.59. The number of rotatable bonds is 4. The van der Waals surface area contributed by atoms with Crippen LogP contribution < -0.4 is 0 Å². The minimum Gasteiger partial charge on any atom is -0.461 e. The number of benzene rings is 4. The molecule has 0 saturated heterocycles. The van der Waals surface area contributed by atoms with E-state index in [0.717, 1.165) is 17.1 Å². The average molecular weight is 480 g/mol. The van der Waals surface area contributed by atoms with Crippen molar-refractivity contribution in [2.24, 2.45) is 7.05 Å². The maximum atomic E-state index is 6.67. The van der Waals surface area contributed by atoms with Crippen LogP contribution in [0.1, 0.15) is 51.3 Å². The summed E-state index contributed by atoms with van der Waals surface area (Å²) < 4.78 is 8.95. The van der Waals surface area contributed by atoms with Gasteiger partial charge in [0.15, 0.2) is 0 Å². The van der Waals surface area contributed by atoms with Crippen LogP contribution in [0.3, 0.4) is 0 Å². The number of aromatic nitrogens is 1. The van der Waals surface area contributed by atoms with Gasteiger partial charge >= 0.3 is 0 Å². The van der Waals surface area contributed by atoms with Gasteiger partial charge in [-0.05, 0) is 29.7 Å². The molecular weight excluding hydrogens is 450 g/mol. The first-order chi connectivity index (χ1) is 18.2. The molecule has 4 aromatic carbocycles. The highest BCUT2D eigenvalue weighted by Gasteiger charge is 2.48. The highest BCUT2D eigenvalue weighted by atomic mass is 16.3. The van der Waals surface area contributed by atoms with Crippen molar-refractivity contribution in [3.63, 3.8) is 0 Å². The molecule has 0 bridgehead atoms. The van der Waals surface area contributed by atoms with Gasteiger partial charge in [-0.2, -0.15) is 0 Å². The molecule has 0 unspecified atom stereocenters. The molecule has 0 spiro atoms. The third-order valence-corrected chi connectivity index (χ3v) is 8.15. The van der Waals surface area contributed by atoms with E-state index in [-0.39, 0.29) is 17.8 Å². The van der Waals surface area contributed by atoms with Crippen molar-refractivity contribution in [2.45, 2.75) is 24.7 Å². The highest BCUT2D eigenvalue weighted by molar-refractivity contribution is 5.86. The maximum Gasteiger partial charge on any atom is 0.138 e. The van der Waals surface area contributed by atoms with Crippen molar-refractivity contribution in [1.29, 1.82) is 0 Å². The molecule has 0 radical (unpaired) electrons. The van der Waals surface area contributed by atoms with E-state index in [1.165, 1.54) is 38.7 Å². The minimum absolute atomic E-state index is 0.154. The number of furan rings is 1. The number of aryl methyl sites for hydroxylation is 2. The Balaban J connectivity index is 1.59. The standard InChI is InChI=1S/C35H29NO/c1-23-30-31(24-14-6-3-7-15-24)32(25-16-8-4-9-17-25)33(28-22-36(2)29-21-13-12-20-27(28)29)34(30)35(37-23)26-18-10-5-11-19-26/h3-22,31-33H,1-2H3/t31-,32+,33-/m1/s1. The first kappa shape index (κ1) is 21.9. The second kappa shape index (κ2) is 8.67. The van der Waals surface area contributed by atoms with Gasteiger partial charge in [0, 0.05) is 58.6 Å². The van der Waals surface area contributed by atoms with E-state index in [9.17, 15) is 0 Å². The van der Waals surface area contributed by atoms with Crippen molar-refractivity contribution in [3.05, 3.63) is 155 Å². The third-order valence-electron chi connectivity index (χ3n) is 8.15. The van der Waals surface area contributed by atoms with Crippen molar-refractivity contribution >= 4 is 10.9 Å². The molecule has 1 aliphatic carbocycles. The molecule has 7 rings (SSSR count). The number of hydrogen-bond acceptors (Lipinski definition) is 1. The molecule has 2 heteroatoms. The predicted octanol–water partition coefficient (Wildman–Crippen LogP) is 8.81. The lowest BCUT2D eigenvalue weighted by atomic mass is 9.75. The molecule has 0 aliphatic heterocycles. The van der Waals surface area contributed by atoms with Crippen LogP contribution in [0.25, 0.3) is 22.2 Å². The quantitative estimate of drug-likeness (QED) is 0.247. The van der Waals surface area contributed by atoms with Crippen LogP contribution in [-0.4, -0.2) is 4.57 Å². The first-order valence-corrected chi connectivity index (χ1v) is 13.0. The monoisotopic (exact) mass is 479 g/mol. The number of nitrogens with zero attached hydrogens (tertiary/aromatic N) is 1. The van der Waals surface area contributed by atoms with Gasteiger partial charge in [-0.3, -0.25) is 0 Å². The van der Waals surface area contributed by atoms with E-state index >= 15 is 0 Å². The molecule has 0 amide bonds. The molecule has 3 atom stereocenters. The van der Waals surface area contributed by atoms with Crippen LogP contribution in [0.5, 0.6) is 0 Å². The Labute approximate surface area is 217 Å². The zero-order valence-corrected chi connectivity index (χ0v) is 21.1. The Morgan fingerprint density at radius 2 is 1.22 bits per heavy atom. The van der Waals surface area contributed by atoms with Crippen molar-refractivity contribution in [1.82, 2.24) is 4.57 Å². The minimum atomic E-state index is 0.154. The molecule has 2 heterocycles. The smallest absolute Gasteiger partial charge is 0.138 e. The zero-order chi connectivity index (χ0) is 24.9. The summed E-state index contributed by atoms with van der Waals surface area (Å²) in [5, 5.41) is 1.31. The molecule has 2 aromatic heterocycles. The summed E-state index contributed by atoms with van der Waals surface area (Å²) in [6.07, 6.45) is 2.35.